The first kappa shape index (κ1) is 52.7. The summed E-state index contributed by atoms with van der Waals surface area (Å²) in [6.45, 7) is 9.08. The maximum absolute atomic E-state index is 12.9. The summed E-state index contributed by atoms with van der Waals surface area (Å²) in [5, 5.41) is 10.3. The number of carbonyl (C=O) groups excluding carboxylic acids is 2. The molecular weight excluding hydrogens is 865 g/mol. The summed E-state index contributed by atoms with van der Waals surface area (Å²) < 4.78 is 73.4. The Kier molecular flexibility index (Phi) is 22.7. The Morgan fingerprint density at radius 3 is 1.47 bits per heavy atom. The summed E-state index contributed by atoms with van der Waals surface area (Å²) >= 11 is 0. The molecule has 18 heteroatoms. The van der Waals surface area contributed by atoms with E-state index in [-0.39, 0.29) is 60.9 Å². The summed E-state index contributed by atoms with van der Waals surface area (Å²) in [4.78, 5) is 42.3. The Labute approximate surface area is 377 Å². The number of carbonyl (C=O) groups is 2. The van der Waals surface area contributed by atoms with Gasteiger partial charge >= 0.3 is 22.8 Å². The van der Waals surface area contributed by atoms with Gasteiger partial charge in [-0.05, 0) is 63.9 Å². The molecular formula is C46H62N4O12S2. The first-order valence-corrected chi connectivity index (χ1v) is 24.9. The molecule has 0 aliphatic heterocycles. The van der Waals surface area contributed by atoms with Crippen molar-refractivity contribution in [1.29, 1.82) is 0 Å². The topological polar surface area (TPSA) is 234 Å². The molecule has 0 radical (unpaired) electrons. The van der Waals surface area contributed by atoms with E-state index in [1.165, 1.54) is 18.2 Å². The normalized spacial score (nSPS) is 12.2. The number of nitrogens with two attached hydrogens (primary N) is 1. The van der Waals surface area contributed by atoms with Gasteiger partial charge < -0.3 is 34.8 Å². The number of benzene rings is 2. The highest BCUT2D eigenvalue weighted by Crippen LogP contribution is 2.28. The molecule has 4 aromatic rings. The van der Waals surface area contributed by atoms with Crippen LogP contribution in [0.15, 0.2) is 95.0 Å². The quantitative estimate of drug-likeness (QED) is 0.0335. The largest absolute Gasteiger partial charge is 0.486 e. The third-order valence-corrected chi connectivity index (χ3v) is 13.4. The summed E-state index contributed by atoms with van der Waals surface area (Å²) in [5.74, 6) is -2.19. The van der Waals surface area contributed by atoms with Gasteiger partial charge in [0.25, 0.3) is 0 Å². The van der Waals surface area contributed by atoms with Crippen molar-refractivity contribution < 1.29 is 50.3 Å². The molecule has 64 heavy (non-hydrogen) atoms. The number of aromatic nitrogens is 2. The Morgan fingerprint density at radius 1 is 0.641 bits per heavy atom. The lowest BCUT2D eigenvalue weighted by Gasteiger charge is -2.15. The van der Waals surface area contributed by atoms with Crippen LogP contribution < -0.4 is 15.2 Å². The molecule has 2 N–H and O–H groups in total. The number of rotatable bonds is 27. The highest BCUT2D eigenvalue weighted by atomic mass is 32.2. The Hall–Kier alpha value is -5.62. The van der Waals surface area contributed by atoms with E-state index < -0.39 is 58.9 Å². The number of nitrogens with zero attached hydrogens (tertiary/aromatic N) is 3. The van der Waals surface area contributed by atoms with Crippen LogP contribution >= 0.6 is 0 Å². The molecule has 2 unspecified atom stereocenters. The van der Waals surface area contributed by atoms with Gasteiger partial charge in [-0.1, -0.05) is 127 Å². The lowest BCUT2D eigenvalue weighted by Crippen LogP contribution is -2.18. The average molecular weight is 927 g/mol. The number of esters is 2. The highest BCUT2D eigenvalue weighted by Gasteiger charge is 2.30. The minimum Gasteiger partial charge on any atom is -0.486 e. The zero-order valence-corrected chi connectivity index (χ0v) is 38.8. The molecule has 350 valence electrons. The van der Waals surface area contributed by atoms with Crippen molar-refractivity contribution in [2.24, 2.45) is 11.8 Å². The minimum absolute atomic E-state index is 0.0566. The van der Waals surface area contributed by atoms with Crippen LogP contribution in [0.2, 0.25) is 0 Å². The van der Waals surface area contributed by atoms with E-state index in [9.17, 15) is 36.5 Å². The molecule has 2 aromatic heterocycles. The van der Waals surface area contributed by atoms with E-state index in [1.54, 1.807) is 24.3 Å². The standard InChI is InChI=1S/C23H30N2O7S.C23H32N2O5S/c1-3-5-9-18(4-2)16-32-22(26)14-15-33(29,30)23-20(12-13-21(24-23)25(27)28)31-17-19-10-7-6-8-11-19;1-3-5-9-18(4-2)16-30-22(26)14-15-31(27,28)23-20(12-13-21(24)25-23)29-17-19-10-7-6-8-11-19/h6-8,10-13,18H,3-5,9,14-17H2,1-2H3;6-8,10-13,18H,3-5,9,14-17H2,1-2H3,(H2,24,25). The molecule has 2 atom stereocenters. The van der Waals surface area contributed by atoms with Crippen molar-refractivity contribution in [3.05, 3.63) is 106 Å². The molecule has 2 heterocycles. The van der Waals surface area contributed by atoms with E-state index in [0.717, 1.165) is 68.6 Å². The predicted molar refractivity (Wildman–Crippen MR) is 243 cm³/mol. The van der Waals surface area contributed by atoms with Crippen LogP contribution in [0.1, 0.15) is 103 Å². The average Bonchev–Trinajstić information content (AvgIpc) is 3.30. The summed E-state index contributed by atoms with van der Waals surface area (Å²) in [5.41, 5.74) is 7.38. The van der Waals surface area contributed by atoms with Gasteiger partial charge in [0.1, 0.15) is 19.0 Å². The van der Waals surface area contributed by atoms with E-state index in [1.807, 2.05) is 43.3 Å². The highest BCUT2D eigenvalue weighted by molar-refractivity contribution is 7.91. The molecule has 0 saturated carbocycles. The number of hydrogen-bond donors (Lipinski definition) is 1. The molecule has 0 saturated heterocycles. The van der Waals surface area contributed by atoms with Gasteiger partial charge in [0.2, 0.25) is 9.84 Å². The Balaban J connectivity index is 0.000000341. The maximum Gasteiger partial charge on any atom is 0.365 e. The Morgan fingerprint density at radius 2 is 1.06 bits per heavy atom. The van der Waals surface area contributed by atoms with Gasteiger partial charge in [-0.15, -0.1) is 0 Å². The molecule has 0 bridgehead atoms. The molecule has 4 rings (SSSR count). The van der Waals surface area contributed by atoms with Gasteiger partial charge in [0.05, 0.1) is 37.6 Å². The second kappa shape index (κ2) is 27.5. The number of pyridine rings is 2. The zero-order valence-electron chi connectivity index (χ0n) is 37.2. The maximum atomic E-state index is 12.9. The second-order valence-corrected chi connectivity index (χ2v) is 19.2. The first-order chi connectivity index (χ1) is 30.6. The van der Waals surface area contributed by atoms with Crippen LogP contribution in [0.5, 0.6) is 11.5 Å². The SMILES string of the molecule is CCCCC(CC)COC(=O)CCS(=O)(=O)c1nc(N)ccc1OCc1ccccc1.CCCCC(CC)COC(=O)CCS(=O)(=O)c1nc([N+](=O)[O-])ccc1OCc1ccccc1. The van der Waals surface area contributed by atoms with Gasteiger partial charge in [-0.3, -0.25) is 9.59 Å². The fourth-order valence-electron chi connectivity index (χ4n) is 6.09. The molecule has 0 aliphatic carbocycles. The second-order valence-electron chi connectivity index (χ2n) is 15.2. The van der Waals surface area contributed by atoms with Gasteiger partial charge in [-0.25, -0.2) is 21.8 Å². The minimum atomic E-state index is -4.15. The number of nitrogen functional groups attached to an aromatic ring is 1. The number of sulfone groups is 2. The number of nitro groups is 1. The first-order valence-electron chi connectivity index (χ1n) is 21.6. The fourth-order valence-corrected chi connectivity index (χ4v) is 8.69. The van der Waals surface area contributed by atoms with Crippen LogP contribution in [-0.2, 0) is 52.0 Å². The third kappa shape index (κ3) is 18.6. The van der Waals surface area contributed by atoms with Crippen molar-refractivity contribution in [3.63, 3.8) is 0 Å². The van der Waals surface area contributed by atoms with Crippen molar-refractivity contribution in [2.75, 3.05) is 30.5 Å². The number of ether oxygens (including phenoxy) is 4. The molecule has 0 aliphatic rings. The summed E-state index contributed by atoms with van der Waals surface area (Å²) in [7, 11) is -8.03. The summed E-state index contributed by atoms with van der Waals surface area (Å²) in [6, 6.07) is 23.7. The van der Waals surface area contributed by atoms with E-state index in [4.69, 9.17) is 24.7 Å². The number of unbranched alkanes of at least 4 members (excludes halogenated alkanes) is 2. The molecule has 2 aromatic carbocycles. The van der Waals surface area contributed by atoms with Gasteiger partial charge in [0, 0.05) is 6.07 Å². The van der Waals surface area contributed by atoms with Crippen LogP contribution in [-0.4, -0.2) is 68.4 Å². The monoisotopic (exact) mass is 926 g/mol. The van der Waals surface area contributed by atoms with Crippen LogP contribution in [0, 0.1) is 22.0 Å². The van der Waals surface area contributed by atoms with Crippen molar-refractivity contribution in [1.82, 2.24) is 9.97 Å². The predicted octanol–water partition coefficient (Wildman–Crippen LogP) is 8.66. The molecule has 16 nitrogen and oxygen atoms in total. The van der Waals surface area contributed by atoms with E-state index in [0.29, 0.717) is 12.5 Å². The third-order valence-electron chi connectivity index (χ3n) is 10.1. The smallest absolute Gasteiger partial charge is 0.365 e. The van der Waals surface area contributed by atoms with Crippen LogP contribution in [0.25, 0.3) is 0 Å². The van der Waals surface area contributed by atoms with E-state index in [2.05, 4.69) is 30.7 Å². The summed E-state index contributed by atoms with van der Waals surface area (Å²) in [6.07, 6.45) is 7.35. The number of anilines is 1. The number of hydrogen-bond acceptors (Lipinski definition) is 15. The molecule has 0 spiro atoms. The van der Waals surface area contributed by atoms with Crippen LogP contribution in [0.4, 0.5) is 11.6 Å². The fraction of sp³-hybridized carbons (Fsp3) is 0.478. The van der Waals surface area contributed by atoms with Gasteiger partial charge in [-0.2, -0.15) is 0 Å². The van der Waals surface area contributed by atoms with Crippen molar-refractivity contribution >= 4 is 43.2 Å². The van der Waals surface area contributed by atoms with E-state index >= 15 is 0 Å². The lowest BCUT2D eigenvalue weighted by atomic mass is 10.0. The van der Waals surface area contributed by atoms with Crippen molar-refractivity contribution in [2.45, 2.75) is 115 Å². The zero-order chi connectivity index (χ0) is 47.0. The van der Waals surface area contributed by atoms with Crippen LogP contribution in [0.3, 0.4) is 0 Å². The molecule has 0 amide bonds. The molecule has 0 fully saturated rings. The van der Waals surface area contributed by atoms with Crippen molar-refractivity contribution in [3.8, 4) is 11.5 Å². The Bertz CT molecular complexity index is 2280. The van der Waals surface area contributed by atoms with Gasteiger partial charge in [0.15, 0.2) is 26.4 Å². The lowest BCUT2D eigenvalue weighted by molar-refractivity contribution is -0.390.